The molecule has 0 aliphatic heterocycles. The maximum atomic E-state index is 11.5. The van der Waals surface area contributed by atoms with Crippen molar-refractivity contribution in [1.82, 2.24) is 4.98 Å². The van der Waals surface area contributed by atoms with Gasteiger partial charge in [0.1, 0.15) is 0 Å². The van der Waals surface area contributed by atoms with E-state index in [1.54, 1.807) is 12.1 Å². The van der Waals surface area contributed by atoms with Crippen molar-refractivity contribution >= 4 is 11.9 Å². The molecule has 0 saturated heterocycles. The molecule has 0 aliphatic rings. The van der Waals surface area contributed by atoms with E-state index in [4.69, 9.17) is 5.73 Å². The summed E-state index contributed by atoms with van der Waals surface area (Å²) in [6.45, 7) is 1.47. The predicted molar refractivity (Wildman–Crippen MR) is 48.7 cm³/mol. The Morgan fingerprint density at radius 1 is 1.43 bits per heavy atom. The fourth-order valence-electron chi connectivity index (χ4n) is 0.979. The Labute approximate surface area is 80.9 Å². The lowest BCUT2D eigenvalue weighted by Crippen LogP contribution is -2.27. The van der Waals surface area contributed by atoms with Crippen molar-refractivity contribution in [2.24, 2.45) is 5.73 Å². The minimum Gasteiger partial charge on any atom is -0.438 e. The molecule has 0 bridgehead atoms. The van der Waals surface area contributed by atoms with Crippen LogP contribution in [0.25, 0.3) is 0 Å². The monoisotopic (exact) mass is 194 g/mol. The average molecular weight is 194 g/mol. The first-order valence-corrected chi connectivity index (χ1v) is 4.01. The first-order valence-electron chi connectivity index (χ1n) is 4.01. The topological polar surface area (TPSA) is 82.3 Å². The van der Waals surface area contributed by atoms with E-state index in [9.17, 15) is 9.59 Å². The minimum absolute atomic E-state index is 0.300. The van der Waals surface area contributed by atoms with E-state index in [2.05, 4.69) is 9.72 Å². The van der Waals surface area contributed by atoms with Gasteiger partial charge < -0.3 is 10.5 Å². The Morgan fingerprint density at radius 2 is 2.00 bits per heavy atom. The molecule has 1 aromatic rings. The van der Waals surface area contributed by atoms with Gasteiger partial charge in [-0.2, -0.15) is 0 Å². The molecule has 0 unspecified atom stereocenters. The lowest BCUT2D eigenvalue weighted by molar-refractivity contribution is 0.0695. The second-order valence-electron chi connectivity index (χ2n) is 2.68. The average Bonchev–Trinajstić information content (AvgIpc) is 2.17. The van der Waals surface area contributed by atoms with E-state index in [0.29, 0.717) is 5.56 Å². The van der Waals surface area contributed by atoms with E-state index in [-0.39, 0.29) is 5.78 Å². The third kappa shape index (κ3) is 2.55. The van der Waals surface area contributed by atoms with Gasteiger partial charge >= 0.3 is 6.09 Å². The Bertz CT molecular complexity index is 337. The van der Waals surface area contributed by atoms with E-state index in [1.165, 1.54) is 19.3 Å². The standard InChI is InChI=1S/C9H10N2O3/c1-6(14-9(10)13)8(12)7-2-4-11-5-3-7/h2-6H,1H3,(H2,10,13)/t6-/m0/s1. The number of ketones is 1. The van der Waals surface area contributed by atoms with Gasteiger partial charge in [0.15, 0.2) is 6.10 Å². The third-order valence-electron chi connectivity index (χ3n) is 1.63. The van der Waals surface area contributed by atoms with Gasteiger partial charge in [0.25, 0.3) is 0 Å². The number of rotatable bonds is 3. The number of hydrogen-bond acceptors (Lipinski definition) is 4. The number of ether oxygens (including phenoxy) is 1. The predicted octanol–water partition coefficient (Wildman–Crippen LogP) is 0.748. The van der Waals surface area contributed by atoms with Gasteiger partial charge in [-0.05, 0) is 19.1 Å². The van der Waals surface area contributed by atoms with Gasteiger partial charge in [0.2, 0.25) is 5.78 Å². The zero-order valence-corrected chi connectivity index (χ0v) is 7.64. The highest BCUT2D eigenvalue weighted by atomic mass is 16.6. The molecule has 0 aliphatic carbocycles. The van der Waals surface area contributed by atoms with Crippen LogP contribution in [0.2, 0.25) is 0 Å². The number of carbonyl (C=O) groups is 2. The maximum absolute atomic E-state index is 11.5. The molecule has 1 aromatic heterocycles. The van der Waals surface area contributed by atoms with E-state index < -0.39 is 12.2 Å². The molecule has 0 radical (unpaired) electrons. The first-order chi connectivity index (χ1) is 6.61. The highest BCUT2D eigenvalue weighted by Gasteiger charge is 2.17. The van der Waals surface area contributed by atoms with Gasteiger partial charge in [-0.15, -0.1) is 0 Å². The van der Waals surface area contributed by atoms with Crippen LogP contribution in [0.4, 0.5) is 4.79 Å². The van der Waals surface area contributed by atoms with E-state index >= 15 is 0 Å². The molecular formula is C9H10N2O3. The van der Waals surface area contributed by atoms with Crippen molar-refractivity contribution in [2.75, 3.05) is 0 Å². The molecule has 1 amide bonds. The lowest BCUT2D eigenvalue weighted by Gasteiger charge is -2.09. The summed E-state index contributed by atoms with van der Waals surface area (Å²) in [5.41, 5.74) is 5.22. The van der Waals surface area contributed by atoms with Gasteiger partial charge in [0, 0.05) is 18.0 Å². The second-order valence-corrected chi connectivity index (χ2v) is 2.68. The van der Waals surface area contributed by atoms with Crippen molar-refractivity contribution in [3.8, 4) is 0 Å². The molecular weight excluding hydrogens is 184 g/mol. The van der Waals surface area contributed by atoms with E-state index in [1.807, 2.05) is 0 Å². The molecule has 5 heteroatoms. The number of pyridine rings is 1. The summed E-state index contributed by atoms with van der Waals surface area (Å²) < 4.78 is 4.54. The molecule has 14 heavy (non-hydrogen) atoms. The SMILES string of the molecule is C[C@H](OC(N)=O)C(=O)c1ccncc1. The van der Waals surface area contributed by atoms with Crippen molar-refractivity contribution in [1.29, 1.82) is 0 Å². The Morgan fingerprint density at radius 3 is 2.50 bits per heavy atom. The van der Waals surface area contributed by atoms with Crippen LogP contribution in [0.3, 0.4) is 0 Å². The smallest absolute Gasteiger partial charge is 0.405 e. The zero-order valence-electron chi connectivity index (χ0n) is 7.64. The van der Waals surface area contributed by atoms with Crippen LogP contribution >= 0.6 is 0 Å². The zero-order chi connectivity index (χ0) is 10.6. The Balaban J connectivity index is 2.71. The van der Waals surface area contributed by atoms with E-state index in [0.717, 1.165) is 0 Å². The molecule has 0 aromatic carbocycles. The van der Waals surface area contributed by atoms with Crippen LogP contribution < -0.4 is 5.73 Å². The van der Waals surface area contributed by atoms with Crippen LogP contribution in [-0.2, 0) is 4.74 Å². The summed E-state index contributed by atoms with van der Waals surface area (Å²) in [7, 11) is 0. The summed E-state index contributed by atoms with van der Waals surface area (Å²) in [6.07, 6.45) is 1.16. The highest BCUT2D eigenvalue weighted by Crippen LogP contribution is 2.04. The van der Waals surface area contributed by atoms with Crippen molar-refractivity contribution in [3.63, 3.8) is 0 Å². The summed E-state index contributed by atoms with van der Waals surface area (Å²) in [4.78, 5) is 25.7. The van der Waals surface area contributed by atoms with Gasteiger partial charge in [-0.1, -0.05) is 0 Å². The van der Waals surface area contributed by atoms with Gasteiger partial charge in [0.05, 0.1) is 0 Å². The van der Waals surface area contributed by atoms with Crippen molar-refractivity contribution < 1.29 is 14.3 Å². The number of aromatic nitrogens is 1. The molecule has 74 valence electrons. The molecule has 1 atom stereocenters. The number of hydrogen-bond donors (Lipinski definition) is 1. The quantitative estimate of drug-likeness (QED) is 0.719. The Kier molecular flexibility index (Phi) is 3.17. The van der Waals surface area contributed by atoms with Crippen LogP contribution in [0.15, 0.2) is 24.5 Å². The molecule has 5 nitrogen and oxygen atoms in total. The van der Waals surface area contributed by atoms with Crippen molar-refractivity contribution in [3.05, 3.63) is 30.1 Å². The number of amides is 1. The second kappa shape index (κ2) is 4.36. The number of primary amides is 1. The number of carbonyl (C=O) groups excluding carboxylic acids is 2. The largest absolute Gasteiger partial charge is 0.438 e. The van der Waals surface area contributed by atoms with Gasteiger partial charge in [-0.25, -0.2) is 4.79 Å². The molecule has 2 N–H and O–H groups in total. The molecule has 0 saturated carbocycles. The van der Waals surface area contributed by atoms with Crippen LogP contribution in [0.1, 0.15) is 17.3 Å². The molecule has 1 heterocycles. The minimum atomic E-state index is -0.958. The normalized spacial score (nSPS) is 11.8. The fraction of sp³-hybridized carbons (Fsp3) is 0.222. The number of nitrogens with two attached hydrogens (primary N) is 1. The van der Waals surface area contributed by atoms with Crippen LogP contribution in [-0.4, -0.2) is 23.0 Å². The lowest BCUT2D eigenvalue weighted by atomic mass is 10.1. The molecule has 0 fully saturated rings. The summed E-state index contributed by atoms with van der Waals surface area (Å²) in [6, 6.07) is 3.09. The summed E-state index contributed by atoms with van der Waals surface area (Å²) in [5, 5.41) is 0. The molecule has 0 spiro atoms. The Hall–Kier alpha value is -1.91. The third-order valence-corrected chi connectivity index (χ3v) is 1.63. The van der Waals surface area contributed by atoms with Crippen molar-refractivity contribution in [2.45, 2.75) is 13.0 Å². The van der Waals surface area contributed by atoms with Gasteiger partial charge in [-0.3, -0.25) is 9.78 Å². The summed E-state index contributed by atoms with van der Waals surface area (Å²) in [5.74, 6) is -0.300. The maximum Gasteiger partial charge on any atom is 0.405 e. The summed E-state index contributed by atoms with van der Waals surface area (Å²) >= 11 is 0. The first kappa shape index (κ1) is 10.2. The fourth-order valence-corrected chi connectivity index (χ4v) is 0.979. The highest BCUT2D eigenvalue weighted by molar-refractivity contribution is 5.99. The molecule has 1 rings (SSSR count). The van der Waals surface area contributed by atoms with Crippen LogP contribution in [0.5, 0.6) is 0 Å². The number of Topliss-reactive ketones (excluding diaryl/α,β-unsaturated/α-hetero) is 1. The number of nitrogens with zero attached hydrogens (tertiary/aromatic N) is 1. The van der Waals surface area contributed by atoms with Crippen LogP contribution in [0, 0.1) is 0 Å².